The summed E-state index contributed by atoms with van der Waals surface area (Å²) in [5.74, 6) is -0.240. The largest absolute Gasteiger partial charge is 0.478 e. The van der Waals surface area contributed by atoms with Gasteiger partial charge in [0.25, 0.3) is 0 Å². The molecule has 40 heavy (non-hydrogen) atoms. The summed E-state index contributed by atoms with van der Waals surface area (Å²) >= 11 is 11.6. The van der Waals surface area contributed by atoms with Crippen LogP contribution in [0.25, 0.3) is 17.2 Å². The minimum atomic E-state index is -4.41. The van der Waals surface area contributed by atoms with Crippen molar-refractivity contribution in [3.8, 4) is 11.1 Å². The quantitative estimate of drug-likeness (QED) is 0.201. The lowest BCUT2D eigenvalue weighted by atomic mass is 10.0. The van der Waals surface area contributed by atoms with Gasteiger partial charge in [0.1, 0.15) is 5.82 Å². The van der Waals surface area contributed by atoms with Gasteiger partial charge >= 0.3 is 12.1 Å². The van der Waals surface area contributed by atoms with Gasteiger partial charge in [-0.2, -0.15) is 13.2 Å². The fourth-order valence-corrected chi connectivity index (χ4v) is 4.35. The molecule has 0 aliphatic rings. The number of carboxylic acids is 1. The first-order valence-electron chi connectivity index (χ1n) is 12.1. The molecule has 9 heteroatoms. The Hall–Kier alpha value is -4.07. The van der Waals surface area contributed by atoms with Crippen molar-refractivity contribution in [3.63, 3.8) is 0 Å². The molecule has 1 aromatic heterocycles. The number of aromatic carboxylic acids is 1. The highest BCUT2D eigenvalue weighted by molar-refractivity contribution is 6.33. The van der Waals surface area contributed by atoms with Crippen molar-refractivity contribution < 1.29 is 23.1 Å². The molecular weight excluding hydrogens is 560 g/mol. The Morgan fingerprint density at radius 1 is 0.975 bits per heavy atom. The number of halogens is 5. The van der Waals surface area contributed by atoms with Crippen LogP contribution in [0, 0.1) is 0 Å². The number of hydrogen-bond donors (Lipinski definition) is 1. The number of carboxylic acid groups (broad SMARTS) is 1. The summed E-state index contributed by atoms with van der Waals surface area (Å²) in [6.07, 6.45) is 4.71. The van der Waals surface area contributed by atoms with Crippen molar-refractivity contribution in [2.75, 3.05) is 0 Å². The molecular formula is C31H23Cl2F3N2O2. The minimum absolute atomic E-state index is 0.203. The molecule has 0 saturated heterocycles. The molecule has 4 rings (SSSR count). The molecule has 3 aromatic carbocycles. The Balaban J connectivity index is 1.59. The predicted octanol–water partition coefficient (Wildman–Crippen LogP) is 8.79. The zero-order chi connectivity index (χ0) is 28.7. The summed E-state index contributed by atoms with van der Waals surface area (Å²) in [6.45, 7) is 0.462. The summed E-state index contributed by atoms with van der Waals surface area (Å²) in [5.41, 5.74) is 4.49. The van der Waals surface area contributed by atoms with Crippen LogP contribution in [-0.4, -0.2) is 20.6 Å². The molecule has 0 amide bonds. The van der Waals surface area contributed by atoms with E-state index in [0.717, 1.165) is 29.1 Å². The first-order chi connectivity index (χ1) is 19.1. The molecule has 0 aliphatic heterocycles. The van der Waals surface area contributed by atoms with Crippen LogP contribution >= 0.6 is 23.2 Å². The molecule has 0 spiro atoms. The fourth-order valence-electron chi connectivity index (χ4n) is 4.01. The van der Waals surface area contributed by atoms with Crippen molar-refractivity contribution in [2.45, 2.75) is 19.1 Å². The zero-order valence-electron chi connectivity index (χ0n) is 20.9. The Morgan fingerprint density at radius 3 is 2.33 bits per heavy atom. The Kier molecular flexibility index (Phi) is 9.30. The molecule has 1 N–H and O–H groups in total. The van der Waals surface area contributed by atoms with E-state index in [1.54, 1.807) is 66.8 Å². The second-order valence-electron chi connectivity index (χ2n) is 8.87. The van der Waals surface area contributed by atoms with E-state index in [-0.39, 0.29) is 5.56 Å². The minimum Gasteiger partial charge on any atom is -0.478 e. The van der Waals surface area contributed by atoms with E-state index in [0.29, 0.717) is 34.8 Å². The summed E-state index contributed by atoms with van der Waals surface area (Å²) in [5, 5.41) is 9.62. The van der Waals surface area contributed by atoms with Gasteiger partial charge in [-0.25, -0.2) is 9.78 Å². The van der Waals surface area contributed by atoms with E-state index in [2.05, 4.69) is 0 Å². The van der Waals surface area contributed by atoms with E-state index in [9.17, 15) is 23.1 Å². The Morgan fingerprint density at radius 2 is 1.68 bits per heavy atom. The molecule has 0 unspecified atom stereocenters. The highest BCUT2D eigenvalue weighted by Crippen LogP contribution is 2.32. The lowest BCUT2D eigenvalue weighted by Crippen LogP contribution is -2.06. The third kappa shape index (κ3) is 7.74. The van der Waals surface area contributed by atoms with Crippen LogP contribution in [0.15, 0.2) is 108 Å². The lowest BCUT2D eigenvalue weighted by molar-refractivity contribution is -0.137. The first kappa shape index (κ1) is 28.9. The molecule has 204 valence electrons. The van der Waals surface area contributed by atoms with Gasteiger partial charge in [-0.05, 0) is 64.7 Å². The fraction of sp³-hybridized carbons (Fsp3) is 0.0968. The Labute approximate surface area is 239 Å². The van der Waals surface area contributed by atoms with E-state index in [1.807, 2.05) is 22.9 Å². The number of hydrogen-bond acceptors (Lipinski definition) is 2. The van der Waals surface area contributed by atoms with Crippen molar-refractivity contribution in [3.05, 3.63) is 142 Å². The second kappa shape index (κ2) is 12.9. The number of aromatic nitrogens is 2. The van der Waals surface area contributed by atoms with Crippen LogP contribution in [0.3, 0.4) is 0 Å². The van der Waals surface area contributed by atoms with Crippen molar-refractivity contribution in [1.29, 1.82) is 0 Å². The summed E-state index contributed by atoms with van der Waals surface area (Å²) < 4.78 is 41.4. The third-order valence-electron chi connectivity index (χ3n) is 6.02. The monoisotopic (exact) mass is 582 g/mol. The summed E-state index contributed by atoms with van der Waals surface area (Å²) in [4.78, 5) is 15.9. The van der Waals surface area contributed by atoms with Gasteiger partial charge in [-0.3, -0.25) is 0 Å². The van der Waals surface area contributed by atoms with Crippen LogP contribution in [-0.2, 0) is 19.1 Å². The average Bonchev–Trinajstić information content (AvgIpc) is 3.29. The van der Waals surface area contributed by atoms with E-state index in [1.165, 1.54) is 11.6 Å². The topological polar surface area (TPSA) is 55.1 Å². The zero-order valence-corrected chi connectivity index (χ0v) is 22.5. The normalized spacial score (nSPS) is 12.5. The predicted molar refractivity (Wildman–Crippen MR) is 152 cm³/mol. The van der Waals surface area contributed by atoms with Crippen LogP contribution in [0.5, 0.6) is 0 Å². The average molecular weight is 583 g/mol. The van der Waals surface area contributed by atoms with Gasteiger partial charge in [0.15, 0.2) is 0 Å². The number of nitrogens with zero attached hydrogens (tertiary/aromatic N) is 2. The second-order valence-corrected chi connectivity index (χ2v) is 9.56. The maximum absolute atomic E-state index is 13.1. The van der Waals surface area contributed by atoms with Gasteiger partial charge in [-0.15, -0.1) is 0 Å². The number of rotatable bonds is 9. The molecule has 0 aliphatic carbocycles. The van der Waals surface area contributed by atoms with Crippen molar-refractivity contribution in [2.24, 2.45) is 0 Å². The van der Waals surface area contributed by atoms with Crippen LogP contribution in [0.2, 0.25) is 0 Å². The smallest absolute Gasteiger partial charge is 0.416 e. The maximum atomic E-state index is 13.1. The van der Waals surface area contributed by atoms with E-state index in [4.69, 9.17) is 28.2 Å². The number of benzene rings is 3. The highest BCUT2D eigenvalue weighted by Gasteiger charge is 2.30. The van der Waals surface area contributed by atoms with Crippen LogP contribution in [0.1, 0.15) is 38.6 Å². The summed E-state index contributed by atoms with van der Waals surface area (Å²) in [7, 11) is 0. The molecule has 0 radical (unpaired) electrons. The number of imidazole rings is 1. The number of alkyl halides is 3. The van der Waals surface area contributed by atoms with Crippen LogP contribution in [0.4, 0.5) is 13.2 Å². The molecule has 4 aromatic rings. The van der Waals surface area contributed by atoms with Gasteiger partial charge in [0, 0.05) is 29.7 Å². The van der Waals surface area contributed by atoms with Crippen LogP contribution < -0.4 is 0 Å². The SMILES string of the molecule is O=C(O)c1ccc(Cn2cc(/C=C/C=C(Cl)\C=C\Cl)nc2Cc2ccc(-c3cccc(C(F)(F)F)c3)cc2)cc1. The van der Waals surface area contributed by atoms with Gasteiger partial charge in [0.05, 0.1) is 16.8 Å². The van der Waals surface area contributed by atoms with Gasteiger partial charge in [-0.1, -0.05) is 77.8 Å². The molecule has 0 bridgehead atoms. The lowest BCUT2D eigenvalue weighted by Gasteiger charge is -2.10. The van der Waals surface area contributed by atoms with Gasteiger partial charge < -0.3 is 9.67 Å². The third-order valence-corrected chi connectivity index (χ3v) is 6.39. The molecule has 1 heterocycles. The molecule has 0 atom stereocenters. The van der Waals surface area contributed by atoms with E-state index < -0.39 is 17.7 Å². The highest BCUT2D eigenvalue weighted by atomic mass is 35.5. The van der Waals surface area contributed by atoms with Crippen molar-refractivity contribution in [1.82, 2.24) is 9.55 Å². The van der Waals surface area contributed by atoms with Gasteiger partial charge in [0.2, 0.25) is 0 Å². The Bertz CT molecular complexity index is 1570. The maximum Gasteiger partial charge on any atom is 0.416 e. The summed E-state index contributed by atoms with van der Waals surface area (Å²) in [6, 6.07) is 19.2. The number of carbonyl (C=O) groups is 1. The first-order valence-corrected chi connectivity index (χ1v) is 12.9. The van der Waals surface area contributed by atoms with Crippen molar-refractivity contribution >= 4 is 35.2 Å². The molecule has 0 fully saturated rings. The molecule has 0 saturated carbocycles. The molecule has 4 nitrogen and oxygen atoms in total. The number of allylic oxidation sites excluding steroid dienone is 4. The van der Waals surface area contributed by atoms with E-state index >= 15 is 0 Å². The standard InChI is InChI=1S/C31H23Cl2F3N2O2/c32-16-15-27(33)5-2-6-28-20-38(19-22-9-13-24(14-10-22)30(39)40)29(37-28)17-21-7-11-23(12-8-21)25-3-1-4-26(18-25)31(34,35)36/h1-16,18,20H,17,19H2,(H,39,40)/b6-2+,16-15+,27-5+.